The minimum Gasteiger partial charge on any atom is -0.311 e. The van der Waals surface area contributed by atoms with E-state index in [9.17, 15) is 0 Å². The molecule has 0 bridgehead atoms. The average Bonchev–Trinajstić information content (AvgIpc) is 3.09. The van der Waals surface area contributed by atoms with Crippen LogP contribution in [-0.4, -0.2) is 0 Å². The van der Waals surface area contributed by atoms with Crippen molar-refractivity contribution in [3.63, 3.8) is 0 Å². The first-order valence-corrected chi connectivity index (χ1v) is 14.8. The standard InChI is InChI=1S/C42H29N/c1-3-9-30(10-4-1)31-15-22-37(23-16-31)43(36-12-5-2-6-13-36)38-24-17-32(18-25-38)34-20-26-40-35(29-34)21-28-41-39-14-8-7-11-33(39)19-27-42(40)41/h1-29H. The Balaban J connectivity index is 1.15. The highest BCUT2D eigenvalue weighted by Gasteiger charge is 2.13. The first-order valence-electron chi connectivity index (χ1n) is 14.8. The van der Waals surface area contributed by atoms with Crippen LogP contribution in [0.3, 0.4) is 0 Å². The summed E-state index contributed by atoms with van der Waals surface area (Å²) in [6.07, 6.45) is 0. The molecular formula is C42H29N. The molecule has 0 saturated heterocycles. The molecule has 0 heterocycles. The molecule has 1 heteroatoms. The van der Waals surface area contributed by atoms with E-state index in [1.165, 1.54) is 54.6 Å². The molecule has 0 saturated carbocycles. The van der Waals surface area contributed by atoms with E-state index < -0.39 is 0 Å². The molecule has 8 rings (SSSR count). The number of para-hydroxylation sites is 1. The first-order chi connectivity index (χ1) is 21.3. The number of fused-ring (bicyclic) bond motifs is 5. The Labute approximate surface area is 251 Å². The molecule has 0 unspecified atom stereocenters. The predicted molar refractivity (Wildman–Crippen MR) is 185 cm³/mol. The van der Waals surface area contributed by atoms with Crippen LogP contribution in [0.2, 0.25) is 0 Å². The number of nitrogens with zero attached hydrogens (tertiary/aromatic N) is 1. The van der Waals surface area contributed by atoms with E-state index in [4.69, 9.17) is 0 Å². The van der Waals surface area contributed by atoms with E-state index in [2.05, 4.69) is 181 Å². The van der Waals surface area contributed by atoms with Gasteiger partial charge in [-0.3, -0.25) is 0 Å². The molecular weight excluding hydrogens is 518 g/mol. The molecule has 0 atom stereocenters. The van der Waals surface area contributed by atoms with Crippen LogP contribution in [-0.2, 0) is 0 Å². The van der Waals surface area contributed by atoms with E-state index in [1.54, 1.807) is 0 Å². The van der Waals surface area contributed by atoms with Crippen LogP contribution in [0.25, 0.3) is 54.6 Å². The fourth-order valence-electron chi connectivity index (χ4n) is 6.27. The third-order valence-corrected chi connectivity index (χ3v) is 8.45. The lowest BCUT2D eigenvalue weighted by Crippen LogP contribution is -2.09. The van der Waals surface area contributed by atoms with E-state index in [0.717, 1.165) is 17.1 Å². The van der Waals surface area contributed by atoms with Crippen LogP contribution in [0.4, 0.5) is 17.1 Å². The summed E-state index contributed by atoms with van der Waals surface area (Å²) in [5.41, 5.74) is 8.25. The highest BCUT2D eigenvalue weighted by molar-refractivity contribution is 6.17. The van der Waals surface area contributed by atoms with Crippen LogP contribution in [0.5, 0.6) is 0 Å². The fourth-order valence-corrected chi connectivity index (χ4v) is 6.27. The Morgan fingerprint density at radius 2 is 0.698 bits per heavy atom. The van der Waals surface area contributed by atoms with Gasteiger partial charge >= 0.3 is 0 Å². The van der Waals surface area contributed by atoms with Gasteiger partial charge in [-0.05, 0) is 97.0 Å². The molecule has 0 amide bonds. The Bertz CT molecular complexity index is 2200. The number of benzene rings is 8. The van der Waals surface area contributed by atoms with Gasteiger partial charge in [0.05, 0.1) is 0 Å². The summed E-state index contributed by atoms with van der Waals surface area (Å²) in [4.78, 5) is 2.31. The minimum absolute atomic E-state index is 1.13. The minimum atomic E-state index is 1.13. The predicted octanol–water partition coefficient (Wildman–Crippen LogP) is 11.9. The van der Waals surface area contributed by atoms with E-state index in [-0.39, 0.29) is 0 Å². The molecule has 0 radical (unpaired) electrons. The van der Waals surface area contributed by atoms with Gasteiger partial charge < -0.3 is 4.90 Å². The molecule has 8 aromatic rings. The topological polar surface area (TPSA) is 3.24 Å². The Kier molecular flexibility index (Phi) is 6.20. The van der Waals surface area contributed by atoms with Crippen LogP contribution in [0, 0.1) is 0 Å². The number of hydrogen-bond acceptors (Lipinski definition) is 1. The van der Waals surface area contributed by atoms with Gasteiger partial charge in [0.2, 0.25) is 0 Å². The lowest BCUT2D eigenvalue weighted by atomic mass is 9.95. The van der Waals surface area contributed by atoms with Crippen LogP contribution >= 0.6 is 0 Å². The molecule has 8 aromatic carbocycles. The zero-order valence-electron chi connectivity index (χ0n) is 23.7. The summed E-state index contributed by atoms with van der Waals surface area (Å²) in [6.45, 7) is 0. The molecule has 0 spiro atoms. The largest absolute Gasteiger partial charge is 0.311 e. The molecule has 1 nitrogen and oxygen atoms in total. The Morgan fingerprint density at radius 1 is 0.256 bits per heavy atom. The summed E-state index contributed by atoms with van der Waals surface area (Å²) < 4.78 is 0. The molecule has 0 aliphatic heterocycles. The third kappa shape index (κ3) is 4.62. The number of hydrogen-bond donors (Lipinski definition) is 0. The fraction of sp³-hybridized carbons (Fsp3) is 0. The van der Waals surface area contributed by atoms with Crippen molar-refractivity contribution in [3.8, 4) is 22.3 Å². The van der Waals surface area contributed by atoms with Crippen LogP contribution in [0.1, 0.15) is 0 Å². The molecule has 0 aliphatic rings. The van der Waals surface area contributed by atoms with Gasteiger partial charge in [-0.1, -0.05) is 133 Å². The lowest BCUT2D eigenvalue weighted by molar-refractivity contribution is 1.28. The SMILES string of the molecule is c1ccc(-c2ccc(N(c3ccccc3)c3ccc(-c4ccc5c(ccc6c7ccccc7ccc56)c4)cc3)cc2)cc1. The van der Waals surface area contributed by atoms with Gasteiger partial charge in [0, 0.05) is 17.1 Å². The maximum atomic E-state index is 2.32. The summed E-state index contributed by atoms with van der Waals surface area (Å²) in [7, 11) is 0. The van der Waals surface area contributed by atoms with Crippen molar-refractivity contribution in [1.29, 1.82) is 0 Å². The zero-order valence-corrected chi connectivity index (χ0v) is 23.7. The average molecular weight is 548 g/mol. The van der Waals surface area contributed by atoms with Gasteiger partial charge in [-0.15, -0.1) is 0 Å². The molecule has 0 N–H and O–H groups in total. The molecule has 0 aromatic heterocycles. The van der Waals surface area contributed by atoms with Crippen LogP contribution in [0.15, 0.2) is 176 Å². The summed E-state index contributed by atoms with van der Waals surface area (Å²) in [6, 6.07) is 63.4. The molecule has 0 aliphatic carbocycles. The second kappa shape index (κ2) is 10.6. The normalized spacial score (nSPS) is 11.3. The van der Waals surface area contributed by atoms with E-state index in [0.29, 0.717) is 0 Å². The number of rotatable bonds is 5. The van der Waals surface area contributed by atoms with Gasteiger partial charge in [-0.25, -0.2) is 0 Å². The number of anilines is 3. The Morgan fingerprint density at radius 3 is 1.37 bits per heavy atom. The highest BCUT2D eigenvalue weighted by Crippen LogP contribution is 2.38. The van der Waals surface area contributed by atoms with Crippen molar-refractivity contribution >= 4 is 49.4 Å². The molecule has 43 heavy (non-hydrogen) atoms. The second-order valence-corrected chi connectivity index (χ2v) is 11.0. The van der Waals surface area contributed by atoms with Crippen molar-refractivity contribution in [1.82, 2.24) is 0 Å². The molecule has 202 valence electrons. The van der Waals surface area contributed by atoms with Gasteiger partial charge in [-0.2, -0.15) is 0 Å². The lowest BCUT2D eigenvalue weighted by Gasteiger charge is -2.26. The van der Waals surface area contributed by atoms with Crippen molar-refractivity contribution in [2.75, 3.05) is 4.90 Å². The van der Waals surface area contributed by atoms with Crippen molar-refractivity contribution in [3.05, 3.63) is 176 Å². The van der Waals surface area contributed by atoms with Crippen LogP contribution < -0.4 is 4.90 Å². The van der Waals surface area contributed by atoms with Gasteiger partial charge in [0.1, 0.15) is 0 Å². The maximum Gasteiger partial charge on any atom is 0.0462 e. The zero-order chi connectivity index (χ0) is 28.6. The Hall–Kier alpha value is -5.66. The van der Waals surface area contributed by atoms with E-state index >= 15 is 0 Å². The first kappa shape index (κ1) is 25.1. The monoisotopic (exact) mass is 547 g/mol. The van der Waals surface area contributed by atoms with E-state index in [1.807, 2.05) is 0 Å². The summed E-state index contributed by atoms with van der Waals surface area (Å²) >= 11 is 0. The third-order valence-electron chi connectivity index (χ3n) is 8.45. The highest BCUT2D eigenvalue weighted by atomic mass is 15.1. The maximum absolute atomic E-state index is 2.32. The summed E-state index contributed by atoms with van der Waals surface area (Å²) in [5.74, 6) is 0. The summed E-state index contributed by atoms with van der Waals surface area (Å²) in [5, 5.41) is 7.74. The van der Waals surface area contributed by atoms with Gasteiger partial charge in [0.25, 0.3) is 0 Å². The molecule has 0 fully saturated rings. The smallest absolute Gasteiger partial charge is 0.0462 e. The van der Waals surface area contributed by atoms with Crippen molar-refractivity contribution < 1.29 is 0 Å². The van der Waals surface area contributed by atoms with Crippen molar-refractivity contribution in [2.45, 2.75) is 0 Å². The second-order valence-electron chi connectivity index (χ2n) is 11.0. The van der Waals surface area contributed by atoms with Gasteiger partial charge in [0.15, 0.2) is 0 Å². The quantitative estimate of drug-likeness (QED) is 0.194. The van der Waals surface area contributed by atoms with Crippen molar-refractivity contribution in [2.24, 2.45) is 0 Å².